The van der Waals surface area contributed by atoms with Gasteiger partial charge in [-0.2, -0.15) is 0 Å². The molecule has 0 atom stereocenters. The summed E-state index contributed by atoms with van der Waals surface area (Å²) in [6, 6.07) is 5.00. The summed E-state index contributed by atoms with van der Waals surface area (Å²) in [6.45, 7) is 0.639. The van der Waals surface area contributed by atoms with Gasteiger partial charge in [0.25, 0.3) is 0 Å². The molecule has 0 saturated carbocycles. The Hall–Kier alpha value is -1.64. The zero-order chi connectivity index (χ0) is 15.0. The first-order valence-electron chi connectivity index (χ1n) is 5.72. The number of halogens is 1. The molecule has 0 fully saturated rings. The number of rotatable bonds is 7. The van der Waals surface area contributed by atoms with E-state index in [-0.39, 0.29) is 18.3 Å². The highest BCUT2D eigenvalue weighted by Crippen LogP contribution is 2.21. The normalized spacial score (nSPS) is 11.4. The molecule has 0 aliphatic rings. The number of amidine groups is 1. The molecule has 0 aromatic heterocycles. The molecule has 1 amide bonds. The van der Waals surface area contributed by atoms with Crippen LogP contribution < -0.4 is 11.1 Å². The molecule has 1 aromatic rings. The summed E-state index contributed by atoms with van der Waals surface area (Å²) in [5, 5.41) is 14.3. The highest BCUT2D eigenvalue weighted by molar-refractivity contribution is 9.10. The van der Waals surface area contributed by atoms with Crippen LogP contribution >= 0.6 is 15.9 Å². The molecule has 0 spiro atoms. The van der Waals surface area contributed by atoms with Gasteiger partial charge in [-0.3, -0.25) is 4.79 Å². The quantitative estimate of drug-likeness (QED) is 0.226. The van der Waals surface area contributed by atoms with Crippen LogP contribution in [0.1, 0.15) is 5.56 Å². The molecule has 0 unspecified atom stereocenters. The number of oxime groups is 1. The van der Waals surface area contributed by atoms with Crippen molar-refractivity contribution in [1.82, 2.24) is 0 Å². The number of carbonyl (C=O) groups is 1. The standard InChI is InChI=1S/C12H16BrN3O4/c1-19-4-5-20-7-11(17)15-10-6-8(13)2-3-9(10)12(14)16-18/h2-3,6,18H,4-5,7H2,1H3,(H2,14,16)(H,15,17). The first-order chi connectivity index (χ1) is 9.58. The molecule has 110 valence electrons. The lowest BCUT2D eigenvalue weighted by molar-refractivity contribution is -0.121. The van der Waals surface area contributed by atoms with E-state index >= 15 is 0 Å². The molecular formula is C12H16BrN3O4. The van der Waals surface area contributed by atoms with Crippen molar-refractivity contribution in [2.45, 2.75) is 0 Å². The average Bonchev–Trinajstić information content (AvgIpc) is 2.43. The molecule has 8 heteroatoms. The van der Waals surface area contributed by atoms with Crippen LogP contribution in [0.3, 0.4) is 0 Å². The van der Waals surface area contributed by atoms with Gasteiger partial charge in [-0.15, -0.1) is 0 Å². The van der Waals surface area contributed by atoms with E-state index in [1.807, 2.05) is 0 Å². The van der Waals surface area contributed by atoms with E-state index in [1.165, 1.54) is 0 Å². The Kier molecular flexibility index (Phi) is 6.99. The molecular weight excluding hydrogens is 330 g/mol. The summed E-state index contributed by atoms with van der Waals surface area (Å²) in [4.78, 5) is 11.7. The number of hydrogen-bond donors (Lipinski definition) is 3. The van der Waals surface area contributed by atoms with E-state index in [9.17, 15) is 4.79 Å². The summed E-state index contributed by atoms with van der Waals surface area (Å²) in [5.74, 6) is -0.431. The third-order valence-electron chi connectivity index (χ3n) is 2.30. The minimum Gasteiger partial charge on any atom is -0.409 e. The van der Waals surface area contributed by atoms with E-state index in [0.717, 1.165) is 4.47 Å². The van der Waals surface area contributed by atoms with Crippen molar-refractivity contribution in [2.24, 2.45) is 10.9 Å². The second-order valence-electron chi connectivity index (χ2n) is 3.77. The second kappa shape index (κ2) is 8.51. The number of carbonyl (C=O) groups excluding carboxylic acids is 1. The van der Waals surface area contributed by atoms with Gasteiger partial charge in [0.15, 0.2) is 5.84 Å². The SMILES string of the molecule is COCCOCC(=O)Nc1cc(Br)ccc1/C(N)=N/O. The lowest BCUT2D eigenvalue weighted by atomic mass is 10.1. The predicted octanol–water partition coefficient (Wildman–Crippen LogP) is 1.15. The maximum Gasteiger partial charge on any atom is 0.250 e. The van der Waals surface area contributed by atoms with Gasteiger partial charge < -0.3 is 25.7 Å². The van der Waals surface area contributed by atoms with E-state index in [0.29, 0.717) is 24.5 Å². The number of amides is 1. The van der Waals surface area contributed by atoms with E-state index < -0.39 is 0 Å². The van der Waals surface area contributed by atoms with Crippen molar-refractivity contribution in [2.75, 3.05) is 32.2 Å². The van der Waals surface area contributed by atoms with Gasteiger partial charge in [0.05, 0.1) is 18.9 Å². The molecule has 0 saturated heterocycles. The zero-order valence-corrected chi connectivity index (χ0v) is 12.5. The second-order valence-corrected chi connectivity index (χ2v) is 4.68. The van der Waals surface area contributed by atoms with Crippen LogP contribution in [-0.2, 0) is 14.3 Å². The Morgan fingerprint density at radius 3 is 2.90 bits per heavy atom. The van der Waals surface area contributed by atoms with Gasteiger partial charge in [-0.25, -0.2) is 0 Å². The number of ether oxygens (including phenoxy) is 2. The fourth-order valence-corrected chi connectivity index (χ4v) is 1.75. The van der Waals surface area contributed by atoms with Crippen molar-refractivity contribution < 1.29 is 19.5 Å². The topological polar surface area (TPSA) is 106 Å². The molecule has 0 aliphatic heterocycles. The number of nitrogens with one attached hydrogen (secondary N) is 1. The van der Waals surface area contributed by atoms with Crippen molar-refractivity contribution in [3.63, 3.8) is 0 Å². The van der Waals surface area contributed by atoms with Crippen LogP contribution in [-0.4, -0.2) is 43.9 Å². The molecule has 4 N–H and O–H groups in total. The lowest BCUT2D eigenvalue weighted by Gasteiger charge is -2.11. The average molecular weight is 346 g/mol. The molecule has 7 nitrogen and oxygen atoms in total. The molecule has 1 rings (SSSR count). The smallest absolute Gasteiger partial charge is 0.250 e. The van der Waals surface area contributed by atoms with Crippen LogP contribution in [0.15, 0.2) is 27.8 Å². The first-order valence-corrected chi connectivity index (χ1v) is 6.51. The minimum atomic E-state index is -0.341. The third kappa shape index (κ3) is 5.16. The van der Waals surface area contributed by atoms with Gasteiger partial charge in [-0.1, -0.05) is 21.1 Å². The predicted molar refractivity (Wildman–Crippen MR) is 78.0 cm³/mol. The van der Waals surface area contributed by atoms with Crippen LogP contribution in [0.25, 0.3) is 0 Å². The maximum atomic E-state index is 11.7. The first kappa shape index (κ1) is 16.4. The number of nitrogens with two attached hydrogens (primary N) is 1. The summed E-state index contributed by atoms with van der Waals surface area (Å²) >= 11 is 3.29. The molecule has 0 heterocycles. The number of hydrogen-bond acceptors (Lipinski definition) is 5. The Bertz CT molecular complexity index is 494. The number of methoxy groups -OCH3 is 1. The van der Waals surface area contributed by atoms with Crippen LogP contribution in [0.4, 0.5) is 5.69 Å². The van der Waals surface area contributed by atoms with E-state index in [4.69, 9.17) is 20.4 Å². The Morgan fingerprint density at radius 1 is 1.50 bits per heavy atom. The summed E-state index contributed by atoms with van der Waals surface area (Å²) in [5.41, 5.74) is 6.39. The molecule has 0 aliphatic carbocycles. The molecule has 0 radical (unpaired) electrons. The van der Waals surface area contributed by atoms with Crippen molar-refractivity contribution >= 4 is 33.4 Å². The van der Waals surface area contributed by atoms with Crippen molar-refractivity contribution in [1.29, 1.82) is 0 Å². The Labute approximate surface area is 124 Å². The molecule has 20 heavy (non-hydrogen) atoms. The van der Waals surface area contributed by atoms with Crippen molar-refractivity contribution in [3.05, 3.63) is 28.2 Å². The third-order valence-corrected chi connectivity index (χ3v) is 2.80. The van der Waals surface area contributed by atoms with E-state index in [2.05, 4.69) is 26.4 Å². The number of anilines is 1. The van der Waals surface area contributed by atoms with Gasteiger partial charge in [0.2, 0.25) is 5.91 Å². The fourth-order valence-electron chi connectivity index (χ4n) is 1.39. The molecule has 0 bridgehead atoms. The number of nitrogens with zero attached hydrogens (tertiary/aromatic N) is 1. The maximum absolute atomic E-state index is 11.7. The highest BCUT2D eigenvalue weighted by atomic mass is 79.9. The van der Waals surface area contributed by atoms with Gasteiger partial charge >= 0.3 is 0 Å². The summed E-state index contributed by atoms with van der Waals surface area (Å²) < 4.78 is 10.7. The van der Waals surface area contributed by atoms with E-state index in [1.54, 1.807) is 25.3 Å². The van der Waals surface area contributed by atoms with Gasteiger partial charge in [0, 0.05) is 17.1 Å². The van der Waals surface area contributed by atoms with Gasteiger partial charge in [-0.05, 0) is 18.2 Å². The Balaban J connectivity index is 2.70. The zero-order valence-electron chi connectivity index (χ0n) is 10.9. The highest BCUT2D eigenvalue weighted by Gasteiger charge is 2.11. The summed E-state index contributed by atoms with van der Waals surface area (Å²) in [6.07, 6.45) is 0. The lowest BCUT2D eigenvalue weighted by Crippen LogP contribution is -2.22. The summed E-state index contributed by atoms with van der Waals surface area (Å²) in [7, 11) is 1.55. The van der Waals surface area contributed by atoms with Crippen LogP contribution in [0.2, 0.25) is 0 Å². The monoisotopic (exact) mass is 345 g/mol. The Morgan fingerprint density at radius 2 is 2.25 bits per heavy atom. The molecule has 1 aromatic carbocycles. The minimum absolute atomic E-state index is 0.0897. The fraction of sp³-hybridized carbons (Fsp3) is 0.333. The van der Waals surface area contributed by atoms with Crippen LogP contribution in [0.5, 0.6) is 0 Å². The van der Waals surface area contributed by atoms with Gasteiger partial charge in [0.1, 0.15) is 6.61 Å². The number of benzene rings is 1. The van der Waals surface area contributed by atoms with Crippen LogP contribution in [0, 0.1) is 0 Å². The van der Waals surface area contributed by atoms with Crippen molar-refractivity contribution in [3.8, 4) is 0 Å². The largest absolute Gasteiger partial charge is 0.409 e.